The lowest BCUT2D eigenvalue weighted by Gasteiger charge is -2.21. The van der Waals surface area contributed by atoms with Gasteiger partial charge < -0.3 is 5.11 Å². The van der Waals surface area contributed by atoms with E-state index in [-0.39, 0.29) is 11.6 Å². The van der Waals surface area contributed by atoms with E-state index in [1.165, 1.54) is 0 Å². The monoisotopic (exact) mass is 135 g/mol. The minimum atomic E-state index is -0.315. The average Bonchev–Trinajstić information content (AvgIpc) is 1.77. The molecule has 0 saturated carbocycles. The molecule has 1 rings (SSSR count). The number of hydrogen-bond acceptors (Lipinski definition) is 2. The molecule has 48 valence electrons. The van der Waals surface area contributed by atoms with E-state index in [9.17, 15) is 0 Å². The van der Waals surface area contributed by atoms with Gasteiger partial charge in [-0.15, -0.1) is 11.6 Å². The molecule has 2 N–H and O–H groups in total. The number of piperidine rings is 1. The Hall–Kier alpha value is 0.210. The molecule has 1 aliphatic rings. The zero-order valence-corrected chi connectivity index (χ0v) is 5.36. The average molecular weight is 136 g/mol. The molecule has 1 heterocycles. The summed E-state index contributed by atoms with van der Waals surface area (Å²) in [7, 11) is 0. The highest BCUT2D eigenvalue weighted by Gasteiger charge is 2.15. The molecule has 1 aliphatic heterocycles. The van der Waals surface area contributed by atoms with Crippen LogP contribution in [0, 0.1) is 0 Å². The Kier molecular flexibility index (Phi) is 2.11. The van der Waals surface area contributed by atoms with Crippen LogP contribution >= 0.6 is 11.6 Å². The second-order valence-corrected chi connectivity index (χ2v) is 2.72. The standard InChI is InChI=1S/C5H10ClNO/c6-4-1-2-5(8)7-3-4/h4-5,7-8H,1-3H2. The van der Waals surface area contributed by atoms with E-state index < -0.39 is 0 Å². The first-order chi connectivity index (χ1) is 3.79. The molecule has 2 unspecified atom stereocenters. The zero-order valence-electron chi connectivity index (χ0n) is 4.60. The molecule has 0 aromatic carbocycles. The molecule has 0 aromatic heterocycles. The Morgan fingerprint density at radius 1 is 1.50 bits per heavy atom. The van der Waals surface area contributed by atoms with Gasteiger partial charge in [-0.05, 0) is 12.8 Å². The van der Waals surface area contributed by atoms with E-state index in [0.717, 1.165) is 19.4 Å². The Labute approximate surface area is 53.8 Å². The zero-order chi connectivity index (χ0) is 5.98. The molecule has 1 fully saturated rings. The van der Waals surface area contributed by atoms with Crippen LogP contribution in [-0.2, 0) is 0 Å². The summed E-state index contributed by atoms with van der Waals surface area (Å²) in [5.41, 5.74) is 0. The molecule has 2 nitrogen and oxygen atoms in total. The van der Waals surface area contributed by atoms with Crippen molar-refractivity contribution < 1.29 is 5.11 Å². The third-order valence-corrected chi connectivity index (χ3v) is 1.70. The molecule has 0 aromatic rings. The largest absolute Gasteiger partial charge is 0.379 e. The first-order valence-electron chi connectivity index (χ1n) is 2.84. The molecule has 0 amide bonds. The summed E-state index contributed by atoms with van der Waals surface area (Å²) >= 11 is 5.71. The van der Waals surface area contributed by atoms with Gasteiger partial charge in [-0.25, -0.2) is 0 Å². The Morgan fingerprint density at radius 3 is 2.62 bits per heavy atom. The van der Waals surface area contributed by atoms with Crippen molar-refractivity contribution >= 4 is 11.6 Å². The SMILES string of the molecule is OC1CCC(Cl)CN1. The number of rotatable bonds is 0. The smallest absolute Gasteiger partial charge is 0.105 e. The third kappa shape index (κ3) is 1.62. The van der Waals surface area contributed by atoms with E-state index in [2.05, 4.69) is 5.32 Å². The van der Waals surface area contributed by atoms with Crippen LogP contribution in [0.5, 0.6) is 0 Å². The molecule has 3 heteroatoms. The molecule has 1 saturated heterocycles. The fourth-order valence-electron chi connectivity index (χ4n) is 0.807. The van der Waals surface area contributed by atoms with Crippen LogP contribution in [0.15, 0.2) is 0 Å². The van der Waals surface area contributed by atoms with Crippen molar-refractivity contribution in [2.24, 2.45) is 0 Å². The van der Waals surface area contributed by atoms with Gasteiger partial charge in [-0.2, -0.15) is 0 Å². The first kappa shape index (κ1) is 6.33. The number of alkyl halides is 1. The van der Waals surface area contributed by atoms with Crippen LogP contribution in [0.1, 0.15) is 12.8 Å². The van der Waals surface area contributed by atoms with Crippen molar-refractivity contribution in [2.75, 3.05) is 6.54 Å². The third-order valence-electron chi connectivity index (χ3n) is 1.33. The van der Waals surface area contributed by atoms with Crippen LogP contribution in [0.3, 0.4) is 0 Å². The number of hydrogen-bond donors (Lipinski definition) is 2. The number of halogens is 1. The van der Waals surface area contributed by atoms with Crippen molar-refractivity contribution in [2.45, 2.75) is 24.4 Å². The molecule has 0 bridgehead atoms. The highest BCUT2D eigenvalue weighted by molar-refractivity contribution is 6.20. The van der Waals surface area contributed by atoms with Gasteiger partial charge in [-0.1, -0.05) is 0 Å². The Bertz CT molecular complexity index is 60.8. The van der Waals surface area contributed by atoms with Gasteiger partial charge in [0.25, 0.3) is 0 Å². The molecule has 8 heavy (non-hydrogen) atoms. The summed E-state index contributed by atoms with van der Waals surface area (Å²) in [6.07, 6.45) is 1.40. The van der Waals surface area contributed by atoms with Gasteiger partial charge in [0.1, 0.15) is 6.23 Å². The minimum absolute atomic E-state index is 0.221. The molecule has 0 spiro atoms. The lowest BCUT2D eigenvalue weighted by atomic mass is 10.1. The Morgan fingerprint density at radius 2 is 2.25 bits per heavy atom. The maximum Gasteiger partial charge on any atom is 0.105 e. The van der Waals surface area contributed by atoms with Gasteiger partial charge in [0.15, 0.2) is 0 Å². The molecular formula is C5H10ClNO. The molecular weight excluding hydrogens is 126 g/mol. The summed E-state index contributed by atoms with van der Waals surface area (Å²) in [6, 6.07) is 0. The predicted octanol–water partition coefficient (Wildman–Crippen LogP) is 0.296. The highest BCUT2D eigenvalue weighted by atomic mass is 35.5. The van der Waals surface area contributed by atoms with Crippen molar-refractivity contribution in [1.29, 1.82) is 0 Å². The van der Waals surface area contributed by atoms with Crippen molar-refractivity contribution in [3.05, 3.63) is 0 Å². The topological polar surface area (TPSA) is 32.3 Å². The van der Waals surface area contributed by atoms with Gasteiger partial charge in [0.05, 0.1) is 0 Å². The van der Waals surface area contributed by atoms with Crippen LogP contribution in [-0.4, -0.2) is 23.3 Å². The molecule has 2 atom stereocenters. The van der Waals surface area contributed by atoms with Crippen molar-refractivity contribution in [1.82, 2.24) is 5.32 Å². The van der Waals surface area contributed by atoms with E-state index >= 15 is 0 Å². The number of aliphatic hydroxyl groups is 1. The minimum Gasteiger partial charge on any atom is -0.379 e. The van der Waals surface area contributed by atoms with E-state index in [1.807, 2.05) is 0 Å². The second-order valence-electron chi connectivity index (χ2n) is 2.10. The maximum atomic E-state index is 8.86. The fraction of sp³-hybridized carbons (Fsp3) is 1.00. The van der Waals surface area contributed by atoms with Gasteiger partial charge in [0, 0.05) is 11.9 Å². The lowest BCUT2D eigenvalue weighted by Crippen LogP contribution is -2.39. The second kappa shape index (κ2) is 2.67. The van der Waals surface area contributed by atoms with Crippen LogP contribution in [0.25, 0.3) is 0 Å². The van der Waals surface area contributed by atoms with Gasteiger partial charge >= 0.3 is 0 Å². The van der Waals surface area contributed by atoms with Crippen LogP contribution < -0.4 is 5.32 Å². The Balaban J connectivity index is 2.19. The maximum absolute atomic E-state index is 8.86. The van der Waals surface area contributed by atoms with Gasteiger partial charge in [-0.3, -0.25) is 5.32 Å². The van der Waals surface area contributed by atoms with E-state index in [0.29, 0.717) is 0 Å². The summed E-state index contributed by atoms with van der Waals surface area (Å²) in [4.78, 5) is 0. The van der Waals surface area contributed by atoms with Crippen LogP contribution in [0.2, 0.25) is 0 Å². The lowest BCUT2D eigenvalue weighted by molar-refractivity contribution is 0.109. The normalized spacial score (nSPS) is 39.8. The van der Waals surface area contributed by atoms with Crippen LogP contribution in [0.4, 0.5) is 0 Å². The summed E-state index contributed by atoms with van der Waals surface area (Å²) in [5, 5.41) is 11.9. The van der Waals surface area contributed by atoms with E-state index in [1.54, 1.807) is 0 Å². The molecule has 0 aliphatic carbocycles. The number of aliphatic hydroxyl groups excluding tert-OH is 1. The van der Waals surface area contributed by atoms with Gasteiger partial charge in [0.2, 0.25) is 0 Å². The van der Waals surface area contributed by atoms with E-state index in [4.69, 9.17) is 16.7 Å². The quantitative estimate of drug-likeness (QED) is 0.468. The predicted molar refractivity (Wildman–Crippen MR) is 32.9 cm³/mol. The molecule has 0 radical (unpaired) electrons. The fourth-order valence-corrected chi connectivity index (χ4v) is 1.02. The first-order valence-corrected chi connectivity index (χ1v) is 3.28. The van der Waals surface area contributed by atoms with Crippen molar-refractivity contribution in [3.8, 4) is 0 Å². The van der Waals surface area contributed by atoms with Crippen molar-refractivity contribution in [3.63, 3.8) is 0 Å². The highest BCUT2D eigenvalue weighted by Crippen LogP contribution is 2.10. The summed E-state index contributed by atoms with van der Waals surface area (Å²) in [6.45, 7) is 0.739. The summed E-state index contributed by atoms with van der Waals surface area (Å²) in [5.74, 6) is 0. The number of nitrogens with one attached hydrogen (secondary N) is 1. The summed E-state index contributed by atoms with van der Waals surface area (Å²) < 4.78 is 0.